The molecule has 0 fully saturated rings. The van der Waals surface area contributed by atoms with Crippen LogP contribution in [-0.4, -0.2) is 37.2 Å². The molecule has 1 atom stereocenters. The number of rotatable bonds is 61. The quantitative estimate of drug-likeness (QED) is 0.0261. The zero-order chi connectivity index (χ0) is 58.5. The minimum Gasteiger partial charge on any atom is -0.462 e. The van der Waals surface area contributed by atoms with Gasteiger partial charge in [0.2, 0.25) is 0 Å². The first-order valence-electron chi connectivity index (χ1n) is 34.0. The molecule has 0 amide bonds. The summed E-state index contributed by atoms with van der Waals surface area (Å²) in [5.74, 6) is -0.953. The van der Waals surface area contributed by atoms with Crippen molar-refractivity contribution < 1.29 is 28.6 Å². The third kappa shape index (κ3) is 66.5. The van der Waals surface area contributed by atoms with Gasteiger partial charge in [0.15, 0.2) is 6.10 Å². The summed E-state index contributed by atoms with van der Waals surface area (Å²) in [4.78, 5) is 38.2. The smallest absolute Gasteiger partial charge is 0.306 e. The molecule has 0 aliphatic carbocycles. The Balaban J connectivity index is 4.30. The predicted octanol–water partition coefficient (Wildman–Crippen LogP) is 23.6. The Kier molecular flexibility index (Phi) is 64.8. The molecule has 0 N–H and O–H groups in total. The van der Waals surface area contributed by atoms with E-state index >= 15 is 0 Å². The minimum atomic E-state index is -0.803. The maximum atomic E-state index is 12.9. The van der Waals surface area contributed by atoms with E-state index in [0.717, 1.165) is 103 Å². The van der Waals surface area contributed by atoms with Crippen LogP contribution >= 0.6 is 0 Å². The van der Waals surface area contributed by atoms with E-state index in [9.17, 15) is 14.4 Å². The molecule has 0 radical (unpaired) electrons. The predicted molar refractivity (Wildman–Crippen MR) is 353 cm³/mol. The molecule has 0 aromatic rings. The van der Waals surface area contributed by atoms with Crippen molar-refractivity contribution in [2.24, 2.45) is 0 Å². The summed E-state index contributed by atoms with van der Waals surface area (Å²) >= 11 is 0. The standard InChI is InChI=1S/C75H126O6/c1-4-7-10-13-16-19-21-23-25-27-29-31-33-35-36-37-38-40-41-43-45-47-49-51-53-56-59-62-65-68-74(77)80-71-72(70-79-73(76)67-64-61-58-55-18-15-12-9-6-3)81-75(78)69-66-63-60-57-54-52-50-48-46-44-42-39-34-32-30-28-26-24-22-20-17-14-11-8-5-2/h7,10,16,19,23,25,28-31,35-36,38,40,43,45,49,51,56,59,72H,4-6,8-9,11-15,17-18,20-22,24,26-27,32-34,37,39,41-42,44,46-48,50,52-55,57-58,60-71H2,1-3H3/b10-7-,19-16-,25-23-,30-28-,31-29-,36-35-,40-38-,45-43-,51-49-,59-56-. The summed E-state index contributed by atoms with van der Waals surface area (Å²) in [7, 11) is 0. The average molecular weight is 1120 g/mol. The number of carbonyl (C=O) groups is 3. The van der Waals surface area contributed by atoms with Crippen molar-refractivity contribution in [3.63, 3.8) is 0 Å². The molecular formula is C75H126O6. The normalized spacial score (nSPS) is 12.9. The van der Waals surface area contributed by atoms with Crippen LogP contribution in [0.3, 0.4) is 0 Å². The van der Waals surface area contributed by atoms with Gasteiger partial charge in [0.05, 0.1) is 0 Å². The summed E-state index contributed by atoms with van der Waals surface area (Å²) in [6.45, 7) is 6.48. The molecule has 0 spiro atoms. The Labute approximate surface area is 501 Å². The molecule has 0 aliphatic heterocycles. The molecule has 0 saturated carbocycles. The van der Waals surface area contributed by atoms with Crippen LogP contribution in [0.5, 0.6) is 0 Å². The van der Waals surface area contributed by atoms with Crippen molar-refractivity contribution in [3.8, 4) is 0 Å². The number of allylic oxidation sites excluding steroid dienone is 20. The van der Waals surface area contributed by atoms with Gasteiger partial charge in [-0.2, -0.15) is 0 Å². The van der Waals surface area contributed by atoms with Crippen LogP contribution in [0.1, 0.15) is 316 Å². The second kappa shape index (κ2) is 68.3. The van der Waals surface area contributed by atoms with E-state index in [0.29, 0.717) is 19.3 Å². The monoisotopic (exact) mass is 1120 g/mol. The largest absolute Gasteiger partial charge is 0.462 e. The van der Waals surface area contributed by atoms with Crippen molar-refractivity contribution >= 4 is 17.9 Å². The van der Waals surface area contributed by atoms with Gasteiger partial charge in [0, 0.05) is 19.3 Å². The highest BCUT2D eigenvalue weighted by atomic mass is 16.6. The summed E-state index contributed by atoms with van der Waals surface area (Å²) in [5, 5.41) is 0. The molecular weight excluding hydrogens is 997 g/mol. The Morgan fingerprint density at radius 2 is 0.494 bits per heavy atom. The molecule has 6 nitrogen and oxygen atoms in total. The third-order valence-corrected chi connectivity index (χ3v) is 14.5. The zero-order valence-corrected chi connectivity index (χ0v) is 53.0. The van der Waals surface area contributed by atoms with Crippen molar-refractivity contribution in [1.29, 1.82) is 0 Å². The lowest BCUT2D eigenvalue weighted by Gasteiger charge is -2.18. The summed E-state index contributed by atoms with van der Waals surface area (Å²) in [5.41, 5.74) is 0. The van der Waals surface area contributed by atoms with Gasteiger partial charge in [-0.1, -0.05) is 309 Å². The molecule has 0 bridgehead atoms. The van der Waals surface area contributed by atoms with Crippen LogP contribution in [0, 0.1) is 0 Å². The number of esters is 3. The number of hydrogen-bond acceptors (Lipinski definition) is 6. The van der Waals surface area contributed by atoms with E-state index in [2.05, 4.69) is 142 Å². The van der Waals surface area contributed by atoms with Gasteiger partial charge in [0.25, 0.3) is 0 Å². The second-order valence-corrected chi connectivity index (χ2v) is 22.4. The second-order valence-electron chi connectivity index (χ2n) is 22.4. The molecule has 0 aromatic carbocycles. The maximum Gasteiger partial charge on any atom is 0.306 e. The van der Waals surface area contributed by atoms with E-state index in [1.807, 2.05) is 0 Å². The average Bonchev–Trinajstić information content (AvgIpc) is 3.47. The topological polar surface area (TPSA) is 78.9 Å². The van der Waals surface area contributed by atoms with Crippen LogP contribution in [0.15, 0.2) is 122 Å². The SMILES string of the molecule is CC/C=C\C/C=C\C/C=C\C/C=C\C/C=C\C/C=C\C/C=C\C/C=C\C/C=C\CCCC(=O)OCC(COC(=O)CCCCCCCCCCC)OC(=O)CCCCCCCCCCCCCCC/C=C\CCCCCCCCCC. The van der Waals surface area contributed by atoms with Crippen molar-refractivity contribution in [1.82, 2.24) is 0 Å². The molecule has 462 valence electrons. The first-order valence-corrected chi connectivity index (χ1v) is 34.0. The lowest BCUT2D eigenvalue weighted by Crippen LogP contribution is -2.30. The summed E-state index contributed by atoms with van der Waals surface area (Å²) < 4.78 is 16.9. The highest BCUT2D eigenvalue weighted by Gasteiger charge is 2.19. The van der Waals surface area contributed by atoms with Gasteiger partial charge in [-0.15, -0.1) is 0 Å². The van der Waals surface area contributed by atoms with Crippen molar-refractivity contribution in [3.05, 3.63) is 122 Å². The van der Waals surface area contributed by atoms with Crippen LogP contribution in [0.2, 0.25) is 0 Å². The highest BCUT2D eigenvalue weighted by molar-refractivity contribution is 5.71. The number of hydrogen-bond donors (Lipinski definition) is 0. The molecule has 1 unspecified atom stereocenters. The molecule has 0 rings (SSSR count). The Morgan fingerprint density at radius 1 is 0.259 bits per heavy atom. The van der Waals surface area contributed by atoms with Crippen LogP contribution in [-0.2, 0) is 28.6 Å². The fourth-order valence-corrected chi connectivity index (χ4v) is 9.38. The molecule has 0 heterocycles. The van der Waals surface area contributed by atoms with E-state index in [1.165, 1.54) is 167 Å². The lowest BCUT2D eigenvalue weighted by atomic mass is 10.0. The van der Waals surface area contributed by atoms with Gasteiger partial charge < -0.3 is 14.2 Å². The fourth-order valence-electron chi connectivity index (χ4n) is 9.38. The van der Waals surface area contributed by atoms with Crippen LogP contribution in [0.25, 0.3) is 0 Å². The lowest BCUT2D eigenvalue weighted by molar-refractivity contribution is -0.167. The Bertz CT molecular complexity index is 1670. The van der Waals surface area contributed by atoms with Gasteiger partial charge in [-0.05, 0) is 109 Å². The van der Waals surface area contributed by atoms with Crippen LogP contribution in [0.4, 0.5) is 0 Å². The van der Waals surface area contributed by atoms with E-state index in [1.54, 1.807) is 0 Å². The van der Waals surface area contributed by atoms with Gasteiger partial charge >= 0.3 is 17.9 Å². The first-order chi connectivity index (χ1) is 40.0. The van der Waals surface area contributed by atoms with Crippen molar-refractivity contribution in [2.75, 3.05) is 13.2 Å². The molecule has 0 aromatic heterocycles. The summed E-state index contributed by atoms with van der Waals surface area (Å²) in [6.07, 6.45) is 95.2. The van der Waals surface area contributed by atoms with Gasteiger partial charge in [-0.25, -0.2) is 0 Å². The first kappa shape index (κ1) is 76.8. The number of unbranched alkanes of at least 4 members (excludes halogenated alkanes) is 30. The number of ether oxygens (including phenoxy) is 3. The molecule has 0 saturated heterocycles. The maximum absolute atomic E-state index is 12.9. The van der Waals surface area contributed by atoms with E-state index in [-0.39, 0.29) is 37.5 Å². The van der Waals surface area contributed by atoms with Crippen LogP contribution < -0.4 is 0 Å². The fraction of sp³-hybridized carbons (Fsp3) is 0.693. The van der Waals surface area contributed by atoms with E-state index < -0.39 is 6.10 Å². The minimum absolute atomic E-state index is 0.0954. The summed E-state index contributed by atoms with van der Waals surface area (Å²) in [6, 6.07) is 0. The zero-order valence-electron chi connectivity index (χ0n) is 53.0. The van der Waals surface area contributed by atoms with Gasteiger partial charge in [-0.3, -0.25) is 14.4 Å². The molecule has 6 heteroatoms. The number of carbonyl (C=O) groups excluding carboxylic acids is 3. The molecule has 81 heavy (non-hydrogen) atoms. The van der Waals surface area contributed by atoms with E-state index in [4.69, 9.17) is 14.2 Å². The van der Waals surface area contributed by atoms with Gasteiger partial charge in [0.1, 0.15) is 13.2 Å². The third-order valence-electron chi connectivity index (χ3n) is 14.5. The van der Waals surface area contributed by atoms with Crippen molar-refractivity contribution in [2.45, 2.75) is 322 Å². The highest BCUT2D eigenvalue weighted by Crippen LogP contribution is 2.16. The molecule has 0 aliphatic rings. The Morgan fingerprint density at radius 3 is 0.815 bits per heavy atom. The Hall–Kier alpha value is -4.19.